The fourth-order valence-corrected chi connectivity index (χ4v) is 8.12. The lowest BCUT2D eigenvalue weighted by Crippen LogP contribution is -2.48. The number of fused-ring (bicyclic) bond motifs is 2. The van der Waals surface area contributed by atoms with Crippen LogP contribution in [-0.2, 0) is 12.0 Å². The molecule has 1 amide bonds. The van der Waals surface area contributed by atoms with Crippen molar-refractivity contribution in [2.24, 2.45) is 0 Å². The Morgan fingerprint density at radius 1 is 0.946 bits per heavy atom. The van der Waals surface area contributed by atoms with Crippen molar-refractivity contribution in [1.82, 2.24) is 29.7 Å². The second-order valence-corrected chi connectivity index (χ2v) is 16.7. The van der Waals surface area contributed by atoms with Crippen molar-refractivity contribution in [2.45, 2.75) is 77.2 Å². The highest BCUT2D eigenvalue weighted by molar-refractivity contribution is 6.10. The van der Waals surface area contributed by atoms with Gasteiger partial charge in [0.2, 0.25) is 12.1 Å². The number of benzene rings is 2. The van der Waals surface area contributed by atoms with E-state index in [2.05, 4.69) is 42.5 Å². The van der Waals surface area contributed by atoms with E-state index >= 15 is 0 Å². The average Bonchev–Trinajstić information content (AvgIpc) is 3.95. The molecule has 3 fully saturated rings. The van der Waals surface area contributed by atoms with Crippen molar-refractivity contribution in [3.63, 3.8) is 0 Å². The monoisotopic (exact) mass is 766 g/mol. The maximum absolute atomic E-state index is 14.0. The maximum atomic E-state index is 14.0. The largest absolute Gasteiger partial charge is 0.453 e. The van der Waals surface area contributed by atoms with E-state index in [0.717, 1.165) is 68.6 Å². The number of aliphatic hydroxyl groups excluding tert-OH is 1. The number of likely N-dealkylation sites (tertiary alicyclic amines) is 2. The molecule has 8 rings (SSSR count). The predicted molar refractivity (Wildman–Crippen MR) is 215 cm³/mol. The van der Waals surface area contributed by atoms with E-state index in [4.69, 9.17) is 13.7 Å². The summed E-state index contributed by atoms with van der Waals surface area (Å²) >= 11 is 0. The number of nitrogens with one attached hydrogen (secondary N) is 3. The highest BCUT2D eigenvalue weighted by atomic mass is 16.6. The van der Waals surface area contributed by atoms with Crippen LogP contribution in [0.4, 0.5) is 16.3 Å². The van der Waals surface area contributed by atoms with Crippen molar-refractivity contribution in [3.05, 3.63) is 71.3 Å². The van der Waals surface area contributed by atoms with Crippen molar-refractivity contribution < 1.29 is 28.4 Å². The molecule has 3 aliphatic heterocycles. The molecular weight excluding hydrogens is 713 g/mol. The van der Waals surface area contributed by atoms with Crippen LogP contribution in [0, 0.1) is 0 Å². The molecule has 56 heavy (non-hydrogen) atoms. The van der Waals surface area contributed by atoms with E-state index in [0.29, 0.717) is 65.4 Å². The first-order valence-electron chi connectivity index (χ1n) is 20.0. The number of H-pyrrole nitrogens is 1. The third kappa shape index (κ3) is 8.43. The first-order chi connectivity index (χ1) is 27.0. The van der Waals surface area contributed by atoms with Gasteiger partial charge in [0.1, 0.15) is 17.1 Å². The molecule has 3 saturated heterocycles. The molecule has 4 N–H and O–H groups in total. The number of aliphatic hydroxyl groups is 1. The number of piperidine rings is 2. The second-order valence-electron chi connectivity index (χ2n) is 16.7. The molecule has 1 atom stereocenters. The predicted octanol–water partition coefficient (Wildman–Crippen LogP) is 6.43. The molecule has 1 unspecified atom stereocenters. The van der Waals surface area contributed by atoms with E-state index in [1.54, 1.807) is 30.3 Å². The molecule has 0 saturated carbocycles. The van der Waals surface area contributed by atoms with Crippen LogP contribution < -0.4 is 15.4 Å². The highest BCUT2D eigenvalue weighted by Crippen LogP contribution is 2.33. The van der Waals surface area contributed by atoms with Gasteiger partial charge in [-0.25, -0.2) is 4.79 Å². The zero-order valence-corrected chi connectivity index (χ0v) is 32.9. The molecule has 298 valence electrons. The third-order valence-corrected chi connectivity index (χ3v) is 11.5. The van der Waals surface area contributed by atoms with Gasteiger partial charge in [-0.05, 0) is 88.3 Å². The Balaban J connectivity index is 0.985. The number of hydrogen-bond donors (Lipinski definition) is 4. The van der Waals surface area contributed by atoms with E-state index in [-0.39, 0.29) is 23.1 Å². The Morgan fingerprint density at radius 2 is 1.71 bits per heavy atom. The zero-order valence-electron chi connectivity index (χ0n) is 32.9. The van der Waals surface area contributed by atoms with Crippen molar-refractivity contribution in [1.29, 1.82) is 0 Å². The summed E-state index contributed by atoms with van der Waals surface area (Å²) in [5.74, 6) is 1.51. The van der Waals surface area contributed by atoms with Gasteiger partial charge in [0.25, 0.3) is 0 Å². The first kappa shape index (κ1) is 38.0. The van der Waals surface area contributed by atoms with Crippen LogP contribution in [0.2, 0.25) is 0 Å². The van der Waals surface area contributed by atoms with Crippen LogP contribution in [-0.4, -0.2) is 119 Å². The number of hydrogen-bond acceptors (Lipinski definition) is 12. The van der Waals surface area contributed by atoms with Gasteiger partial charge in [-0.15, -0.1) is 0 Å². The van der Waals surface area contributed by atoms with E-state index in [1.165, 1.54) is 19.3 Å². The summed E-state index contributed by atoms with van der Waals surface area (Å²) in [6.45, 7) is 14.0. The number of likely N-dealkylation sites (N-methyl/N-ethyl adjacent to an activating group) is 1. The number of ketones is 1. The fraction of sp³-hybridized carbons (Fsp3) is 0.500. The molecule has 14 nitrogen and oxygen atoms in total. The maximum Gasteiger partial charge on any atom is 0.415 e. The molecule has 0 bridgehead atoms. The number of aromatic nitrogens is 2. The van der Waals surface area contributed by atoms with Gasteiger partial charge in [-0.2, -0.15) is 0 Å². The van der Waals surface area contributed by atoms with Gasteiger partial charge >= 0.3 is 6.09 Å². The number of amides is 1. The lowest BCUT2D eigenvalue weighted by molar-refractivity contribution is 0.0874. The van der Waals surface area contributed by atoms with Crippen molar-refractivity contribution in [3.8, 4) is 5.75 Å². The molecule has 0 radical (unpaired) electrons. The van der Waals surface area contributed by atoms with Gasteiger partial charge < -0.3 is 49.1 Å². The molecule has 5 aromatic rings. The Labute approximate surface area is 327 Å². The smallest absolute Gasteiger partial charge is 0.415 e. The van der Waals surface area contributed by atoms with E-state index < -0.39 is 6.35 Å². The first-order valence-corrected chi connectivity index (χ1v) is 20.0. The lowest BCUT2D eigenvalue weighted by Gasteiger charge is -2.39. The van der Waals surface area contributed by atoms with Crippen LogP contribution in [0.1, 0.15) is 80.4 Å². The summed E-state index contributed by atoms with van der Waals surface area (Å²) in [5.41, 5.74) is 2.98. The van der Waals surface area contributed by atoms with E-state index in [1.807, 2.05) is 43.9 Å². The normalized spacial score (nSPS) is 18.8. The number of rotatable bonds is 10. The van der Waals surface area contributed by atoms with Crippen LogP contribution in [0.15, 0.2) is 57.5 Å². The van der Waals surface area contributed by atoms with Crippen LogP contribution in [0.5, 0.6) is 5.75 Å². The quantitative estimate of drug-likeness (QED) is 0.0915. The third-order valence-electron chi connectivity index (χ3n) is 11.5. The number of ether oxygens (including phenoxy) is 1. The van der Waals surface area contributed by atoms with Crippen molar-refractivity contribution >= 4 is 45.3 Å². The molecule has 0 aliphatic carbocycles. The minimum Gasteiger partial charge on any atom is -0.453 e. The average molecular weight is 767 g/mol. The number of piperazine rings is 1. The SMILES string of the molecule is CN1CCN(Cc2c(OC(=O)N3CCC(N4CCCCC4)CC3)ccc3[nH]c(C(=O)c4cc5cc(NC(O)Nc6cc(C(C)(C)C)on6)ccc5o4)cc23)CC1. The molecule has 0 spiro atoms. The number of carbonyl (C=O) groups excluding carboxylic acids is 2. The Bertz CT molecular complexity index is 2160. The fourth-order valence-electron chi connectivity index (χ4n) is 8.12. The molecule has 6 heterocycles. The van der Waals surface area contributed by atoms with Gasteiger partial charge in [-0.3, -0.25) is 9.69 Å². The Hall–Kier alpha value is -4.89. The molecule has 3 aromatic heterocycles. The summed E-state index contributed by atoms with van der Waals surface area (Å²) in [6, 6.07) is 14.9. The molecule has 14 heteroatoms. The minimum atomic E-state index is -1.15. The van der Waals surface area contributed by atoms with Crippen LogP contribution in [0.3, 0.4) is 0 Å². The van der Waals surface area contributed by atoms with E-state index in [9.17, 15) is 14.7 Å². The van der Waals surface area contributed by atoms with Crippen molar-refractivity contribution in [2.75, 3.05) is 70.0 Å². The molecule has 3 aliphatic rings. The molecular formula is C42H54N8O6. The summed E-state index contributed by atoms with van der Waals surface area (Å²) in [4.78, 5) is 40.0. The van der Waals surface area contributed by atoms with Gasteiger partial charge in [0, 0.05) is 90.9 Å². The Kier molecular flexibility index (Phi) is 10.8. The zero-order chi connectivity index (χ0) is 39.0. The van der Waals surface area contributed by atoms with Crippen LogP contribution >= 0.6 is 0 Å². The highest BCUT2D eigenvalue weighted by Gasteiger charge is 2.30. The number of nitrogens with zero attached hydrogens (tertiary/aromatic N) is 5. The van der Waals surface area contributed by atoms with Gasteiger partial charge in [-0.1, -0.05) is 32.3 Å². The summed E-state index contributed by atoms with van der Waals surface area (Å²) in [7, 11) is 2.13. The second kappa shape index (κ2) is 15.9. The lowest BCUT2D eigenvalue weighted by atomic mass is 9.93. The number of aromatic amines is 1. The number of carbonyl (C=O) groups is 2. The summed E-state index contributed by atoms with van der Waals surface area (Å²) in [5, 5.41) is 22.1. The molecule has 2 aromatic carbocycles. The summed E-state index contributed by atoms with van der Waals surface area (Å²) in [6.07, 6.45) is 4.30. The van der Waals surface area contributed by atoms with Gasteiger partial charge in [0.15, 0.2) is 11.6 Å². The summed E-state index contributed by atoms with van der Waals surface area (Å²) < 4.78 is 17.6. The minimum absolute atomic E-state index is 0.180. The van der Waals surface area contributed by atoms with Gasteiger partial charge in [0.05, 0.1) is 5.69 Å². The van der Waals surface area contributed by atoms with Crippen LogP contribution in [0.25, 0.3) is 21.9 Å². The standard InChI is InChI=1S/C42H54N8O6/c1-42(2,3)37-25-38(46-56-37)45-40(52)43-28-8-10-34-27(22-28)23-36(54-34)39(51)33-24-30-31(26-48-20-18-47(4)19-21-48)35(11-9-32(30)44-33)55-41(53)50-16-12-29(13-17-50)49-14-6-5-7-15-49/h8-11,22-25,29,40,43-44,52H,5-7,12-21,26H2,1-4H3,(H,45,46). The topological polar surface area (TPSA) is 156 Å². The number of anilines is 2. The Morgan fingerprint density at radius 3 is 2.45 bits per heavy atom. The number of furan rings is 1.